The summed E-state index contributed by atoms with van der Waals surface area (Å²) in [5, 5.41) is 2.95. The zero-order valence-electron chi connectivity index (χ0n) is 17.9. The molecule has 156 valence electrons. The van der Waals surface area contributed by atoms with Crippen LogP contribution in [0.15, 0.2) is 60.7 Å². The van der Waals surface area contributed by atoms with Crippen molar-refractivity contribution < 1.29 is 14.3 Å². The van der Waals surface area contributed by atoms with Gasteiger partial charge in [0.15, 0.2) is 0 Å². The van der Waals surface area contributed by atoms with Gasteiger partial charge < -0.3 is 14.6 Å². The fourth-order valence-electron chi connectivity index (χ4n) is 3.41. The first-order valence-corrected chi connectivity index (χ1v) is 10.2. The number of benzene rings is 2. The van der Waals surface area contributed by atoms with Crippen molar-refractivity contribution in [1.29, 1.82) is 0 Å². The predicted octanol–water partition coefficient (Wildman–Crippen LogP) is 5.40. The van der Waals surface area contributed by atoms with E-state index in [2.05, 4.69) is 19.2 Å². The molecule has 5 heteroatoms. The third kappa shape index (κ3) is 4.79. The first kappa shape index (κ1) is 21.4. The number of anilines is 1. The molecule has 1 N–H and O–H groups in total. The normalized spacial score (nSPS) is 10.8. The average Bonchev–Trinajstić information content (AvgIpc) is 3.05. The van der Waals surface area contributed by atoms with E-state index in [-0.39, 0.29) is 18.4 Å². The lowest BCUT2D eigenvalue weighted by atomic mass is 10.0. The first-order valence-electron chi connectivity index (χ1n) is 10.2. The molecule has 0 radical (unpaired) electrons. The smallest absolute Gasteiger partial charge is 0.339 e. The van der Waals surface area contributed by atoms with Crippen molar-refractivity contribution in [3.63, 3.8) is 0 Å². The number of amides is 1. The summed E-state index contributed by atoms with van der Waals surface area (Å²) in [5.41, 5.74) is 4.90. The monoisotopic (exact) mass is 404 g/mol. The molecule has 0 saturated heterocycles. The molecule has 3 rings (SSSR count). The Kier molecular flexibility index (Phi) is 6.72. The maximum atomic E-state index is 12.8. The summed E-state index contributed by atoms with van der Waals surface area (Å²) < 4.78 is 7.05. The van der Waals surface area contributed by atoms with Crippen LogP contribution in [0.2, 0.25) is 0 Å². The van der Waals surface area contributed by atoms with Gasteiger partial charge in [-0.15, -0.1) is 0 Å². The van der Waals surface area contributed by atoms with E-state index in [4.69, 9.17) is 4.74 Å². The standard InChI is InChI=1S/C25H28N2O3/c1-5-30-25(29)22-15-23(20-9-7-6-8-10-20)27(18(22)4)16-24(28)26-21-13-11-19(12-14-21)17(2)3/h6-15,17H,5,16H2,1-4H3,(H,26,28). The van der Waals surface area contributed by atoms with Gasteiger partial charge >= 0.3 is 5.97 Å². The molecule has 2 aromatic carbocycles. The van der Waals surface area contributed by atoms with Gasteiger partial charge in [-0.25, -0.2) is 4.79 Å². The Hall–Kier alpha value is -3.34. The minimum atomic E-state index is -0.379. The second-order valence-corrected chi connectivity index (χ2v) is 7.53. The molecule has 0 aliphatic carbocycles. The van der Waals surface area contributed by atoms with E-state index in [1.54, 1.807) is 13.0 Å². The number of hydrogen-bond donors (Lipinski definition) is 1. The highest BCUT2D eigenvalue weighted by Crippen LogP contribution is 2.27. The molecule has 0 unspecified atom stereocenters. The third-order valence-corrected chi connectivity index (χ3v) is 5.09. The second kappa shape index (κ2) is 9.44. The van der Waals surface area contributed by atoms with E-state index in [9.17, 15) is 9.59 Å². The van der Waals surface area contributed by atoms with Gasteiger partial charge in [0.1, 0.15) is 6.54 Å². The van der Waals surface area contributed by atoms with Crippen molar-refractivity contribution in [1.82, 2.24) is 4.57 Å². The maximum Gasteiger partial charge on any atom is 0.339 e. The lowest BCUT2D eigenvalue weighted by molar-refractivity contribution is -0.116. The summed E-state index contributed by atoms with van der Waals surface area (Å²) >= 11 is 0. The fourth-order valence-corrected chi connectivity index (χ4v) is 3.41. The number of aromatic nitrogens is 1. The van der Waals surface area contributed by atoms with Gasteiger partial charge in [-0.2, -0.15) is 0 Å². The van der Waals surface area contributed by atoms with E-state index < -0.39 is 0 Å². The van der Waals surface area contributed by atoms with Gasteiger partial charge in [0.2, 0.25) is 5.91 Å². The summed E-state index contributed by atoms with van der Waals surface area (Å²) in [6.07, 6.45) is 0. The highest BCUT2D eigenvalue weighted by atomic mass is 16.5. The average molecular weight is 405 g/mol. The molecule has 0 fully saturated rings. The molecular formula is C25H28N2O3. The van der Waals surface area contributed by atoms with Gasteiger partial charge in [0.25, 0.3) is 0 Å². The Bertz CT molecular complexity index is 1020. The molecule has 1 heterocycles. The van der Waals surface area contributed by atoms with Crippen LogP contribution >= 0.6 is 0 Å². The molecule has 0 aliphatic rings. The largest absolute Gasteiger partial charge is 0.462 e. The van der Waals surface area contributed by atoms with Crippen LogP contribution in [0.3, 0.4) is 0 Å². The molecule has 0 saturated carbocycles. The van der Waals surface area contributed by atoms with Crippen LogP contribution in [-0.4, -0.2) is 23.1 Å². The number of nitrogens with zero attached hydrogens (tertiary/aromatic N) is 1. The number of esters is 1. The highest BCUT2D eigenvalue weighted by Gasteiger charge is 2.21. The highest BCUT2D eigenvalue weighted by molar-refractivity contribution is 5.94. The van der Waals surface area contributed by atoms with E-state index >= 15 is 0 Å². The molecular weight excluding hydrogens is 376 g/mol. The Morgan fingerprint density at radius 2 is 1.70 bits per heavy atom. The molecule has 0 spiro atoms. The van der Waals surface area contributed by atoms with Crippen LogP contribution in [0, 0.1) is 6.92 Å². The van der Waals surface area contributed by atoms with Crippen molar-refractivity contribution in [3.8, 4) is 11.3 Å². The Balaban J connectivity index is 1.88. The molecule has 0 atom stereocenters. The number of hydrogen-bond acceptors (Lipinski definition) is 3. The second-order valence-electron chi connectivity index (χ2n) is 7.53. The Morgan fingerprint density at radius 3 is 2.30 bits per heavy atom. The fraction of sp³-hybridized carbons (Fsp3) is 0.280. The summed E-state index contributed by atoms with van der Waals surface area (Å²) in [4.78, 5) is 25.2. The van der Waals surface area contributed by atoms with Crippen LogP contribution in [0.1, 0.15) is 48.3 Å². The van der Waals surface area contributed by atoms with Gasteiger partial charge in [-0.05, 0) is 49.1 Å². The number of rotatable bonds is 7. The summed E-state index contributed by atoms with van der Waals surface area (Å²) in [6.45, 7) is 8.28. The minimum absolute atomic E-state index is 0.0986. The Labute approximate surface area is 177 Å². The topological polar surface area (TPSA) is 60.3 Å². The first-order chi connectivity index (χ1) is 14.4. The molecule has 5 nitrogen and oxygen atoms in total. The van der Waals surface area contributed by atoms with Crippen LogP contribution in [0.5, 0.6) is 0 Å². The van der Waals surface area contributed by atoms with E-state index in [1.807, 2.05) is 66.1 Å². The van der Waals surface area contributed by atoms with E-state index in [0.29, 0.717) is 23.8 Å². The molecule has 0 aliphatic heterocycles. The van der Waals surface area contributed by atoms with E-state index in [1.165, 1.54) is 5.56 Å². The zero-order chi connectivity index (χ0) is 21.7. The van der Waals surface area contributed by atoms with Crippen LogP contribution < -0.4 is 5.32 Å². The zero-order valence-corrected chi connectivity index (χ0v) is 17.9. The third-order valence-electron chi connectivity index (χ3n) is 5.09. The number of carbonyl (C=O) groups is 2. The maximum absolute atomic E-state index is 12.8. The minimum Gasteiger partial charge on any atom is -0.462 e. The van der Waals surface area contributed by atoms with Crippen molar-refractivity contribution in [2.24, 2.45) is 0 Å². The van der Waals surface area contributed by atoms with Crippen LogP contribution in [0.4, 0.5) is 5.69 Å². The number of ether oxygens (including phenoxy) is 1. The lowest BCUT2D eigenvalue weighted by Gasteiger charge is -2.13. The van der Waals surface area contributed by atoms with Gasteiger partial charge in [-0.1, -0.05) is 56.3 Å². The molecule has 1 amide bonds. The number of nitrogens with one attached hydrogen (secondary N) is 1. The quantitative estimate of drug-likeness (QED) is 0.536. The summed E-state index contributed by atoms with van der Waals surface area (Å²) in [6, 6.07) is 19.4. The van der Waals surface area contributed by atoms with Crippen molar-refractivity contribution in [2.45, 2.75) is 40.2 Å². The van der Waals surface area contributed by atoms with Gasteiger partial charge in [-0.3, -0.25) is 4.79 Å². The van der Waals surface area contributed by atoms with Crippen molar-refractivity contribution in [3.05, 3.63) is 77.5 Å². The lowest BCUT2D eigenvalue weighted by Crippen LogP contribution is -2.20. The SMILES string of the molecule is CCOC(=O)c1cc(-c2ccccc2)n(CC(=O)Nc2ccc(C(C)C)cc2)c1C. The van der Waals surface area contributed by atoms with E-state index in [0.717, 1.165) is 16.9 Å². The molecule has 1 aromatic heterocycles. The van der Waals surface area contributed by atoms with Crippen LogP contribution in [-0.2, 0) is 16.1 Å². The molecule has 0 bridgehead atoms. The number of carbonyl (C=O) groups excluding carboxylic acids is 2. The Morgan fingerprint density at radius 1 is 1.03 bits per heavy atom. The van der Waals surface area contributed by atoms with Gasteiger partial charge in [0, 0.05) is 17.1 Å². The summed E-state index contributed by atoms with van der Waals surface area (Å²) in [7, 11) is 0. The van der Waals surface area contributed by atoms with Crippen molar-refractivity contribution >= 4 is 17.6 Å². The predicted molar refractivity (Wildman–Crippen MR) is 120 cm³/mol. The molecule has 30 heavy (non-hydrogen) atoms. The van der Waals surface area contributed by atoms with Crippen molar-refractivity contribution in [2.75, 3.05) is 11.9 Å². The summed E-state index contributed by atoms with van der Waals surface area (Å²) in [5.74, 6) is -0.0961. The van der Waals surface area contributed by atoms with Crippen LogP contribution in [0.25, 0.3) is 11.3 Å². The molecule has 3 aromatic rings. The van der Waals surface area contributed by atoms with Gasteiger partial charge in [0.05, 0.1) is 12.2 Å².